The molecule has 0 saturated heterocycles. The molecule has 0 aliphatic rings. The molecule has 1 aromatic carbocycles. The van der Waals surface area contributed by atoms with Crippen LogP contribution in [0, 0.1) is 0 Å². The standard InChI is InChI=1S/C13H11N3OS/c1-17-12-9(3-2-6-15-12)8-4-5-10-11(7-8)18-13(14)16-10/h2-7H,1H3,(H2,14,16). The molecular weight excluding hydrogens is 246 g/mol. The zero-order valence-electron chi connectivity index (χ0n) is 9.75. The van der Waals surface area contributed by atoms with Crippen LogP contribution in [0.25, 0.3) is 21.3 Å². The minimum Gasteiger partial charge on any atom is -0.481 e. The Morgan fingerprint density at radius 3 is 3.00 bits per heavy atom. The molecule has 0 fully saturated rings. The third-order valence-corrected chi connectivity index (χ3v) is 3.53. The molecule has 2 aromatic heterocycles. The maximum atomic E-state index is 5.71. The highest BCUT2D eigenvalue weighted by Gasteiger charge is 2.08. The molecule has 3 rings (SSSR count). The lowest BCUT2D eigenvalue weighted by atomic mass is 10.1. The van der Waals surface area contributed by atoms with Crippen LogP contribution in [0.1, 0.15) is 0 Å². The number of hydrogen-bond donors (Lipinski definition) is 1. The summed E-state index contributed by atoms with van der Waals surface area (Å²) >= 11 is 1.48. The lowest BCUT2D eigenvalue weighted by Gasteiger charge is -2.06. The predicted octanol–water partition coefficient (Wildman–Crippen LogP) is 2.95. The Bertz CT molecular complexity index is 708. The van der Waals surface area contributed by atoms with Crippen LogP contribution >= 0.6 is 11.3 Å². The third-order valence-electron chi connectivity index (χ3n) is 2.68. The van der Waals surface area contributed by atoms with E-state index in [-0.39, 0.29) is 0 Å². The number of benzene rings is 1. The molecule has 18 heavy (non-hydrogen) atoms. The summed E-state index contributed by atoms with van der Waals surface area (Å²) in [5.41, 5.74) is 8.64. The summed E-state index contributed by atoms with van der Waals surface area (Å²) in [6, 6.07) is 9.90. The van der Waals surface area contributed by atoms with E-state index < -0.39 is 0 Å². The van der Waals surface area contributed by atoms with Gasteiger partial charge in [0, 0.05) is 11.8 Å². The monoisotopic (exact) mass is 257 g/mol. The van der Waals surface area contributed by atoms with Crippen molar-refractivity contribution in [3.8, 4) is 17.0 Å². The molecule has 0 radical (unpaired) electrons. The molecule has 0 saturated carbocycles. The Morgan fingerprint density at radius 2 is 2.17 bits per heavy atom. The van der Waals surface area contributed by atoms with Crippen molar-refractivity contribution in [1.29, 1.82) is 0 Å². The van der Waals surface area contributed by atoms with Crippen LogP contribution in [0.5, 0.6) is 5.88 Å². The predicted molar refractivity (Wildman–Crippen MR) is 73.8 cm³/mol. The molecule has 0 amide bonds. The van der Waals surface area contributed by atoms with Crippen molar-refractivity contribution in [2.75, 3.05) is 12.8 Å². The number of anilines is 1. The fraction of sp³-hybridized carbons (Fsp3) is 0.0769. The van der Waals surface area contributed by atoms with Gasteiger partial charge >= 0.3 is 0 Å². The van der Waals surface area contributed by atoms with Crippen molar-refractivity contribution in [3.05, 3.63) is 36.5 Å². The van der Waals surface area contributed by atoms with Gasteiger partial charge in [-0.15, -0.1) is 0 Å². The van der Waals surface area contributed by atoms with Gasteiger partial charge in [0.15, 0.2) is 5.13 Å². The van der Waals surface area contributed by atoms with Gasteiger partial charge in [-0.1, -0.05) is 17.4 Å². The van der Waals surface area contributed by atoms with E-state index in [9.17, 15) is 0 Å². The number of methoxy groups -OCH3 is 1. The molecule has 2 N–H and O–H groups in total. The molecule has 0 unspecified atom stereocenters. The second-order valence-corrected chi connectivity index (χ2v) is 4.86. The van der Waals surface area contributed by atoms with Crippen molar-refractivity contribution in [2.24, 2.45) is 0 Å². The van der Waals surface area contributed by atoms with E-state index in [0.717, 1.165) is 21.3 Å². The Hall–Kier alpha value is -2.14. The minimum absolute atomic E-state index is 0.584. The number of thiazole rings is 1. The number of fused-ring (bicyclic) bond motifs is 1. The van der Waals surface area contributed by atoms with Gasteiger partial charge in [0.1, 0.15) is 0 Å². The Balaban J connectivity index is 2.18. The number of aromatic nitrogens is 2. The lowest BCUT2D eigenvalue weighted by molar-refractivity contribution is 0.399. The van der Waals surface area contributed by atoms with Crippen LogP contribution < -0.4 is 10.5 Å². The van der Waals surface area contributed by atoms with Gasteiger partial charge in [-0.25, -0.2) is 9.97 Å². The van der Waals surface area contributed by atoms with Crippen LogP contribution in [-0.2, 0) is 0 Å². The Kier molecular flexibility index (Phi) is 2.60. The summed E-state index contributed by atoms with van der Waals surface area (Å²) in [4.78, 5) is 8.44. The maximum Gasteiger partial charge on any atom is 0.221 e. The minimum atomic E-state index is 0.584. The Labute approximate surface area is 108 Å². The quantitative estimate of drug-likeness (QED) is 0.766. The van der Waals surface area contributed by atoms with Gasteiger partial charge in [-0.2, -0.15) is 0 Å². The normalized spacial score (nSPS) is 10.7. The van der Waals surface area contributed by atoms with E-state index >= 15 is 0 Å². The zero-order chi connectivity index (χ0) is 12.5. The average molecular weight is 257 g/mol. The average Bonchev–Trinajstić information content (AvgIpc) is 2.77. The highest BCUT2D eigenvalue weighted by Crippen LogP contribution is 2.32. The van der Waals surface area contributed by atoms with E-state index in [1.54, 1.807) is 13.3 Å². The third kappa shape index (κ3) is 1.78. The van der Waals surface area contributed by atoms with Crippen molar-refractivity contribution < 1.29 is 4.74 Å². The van der Waals surface area contributed by atoms with Gasteiger partial charge in [0.2, 0.25) is 5.88 Å². The topological polar surface area (TPSA) is 61.0 Å². The zero-order valence-corrected chi connectivity index (χ0v) is 10.6. The largest absolute Gasteiger partial charge is 0.481 e. The van der Waals surface area contributed by atoms with Crippen LogP contribution in [0.2, 0.25) is 0 Å². The SMILES string of the molecule is COc1ncccc1-c1ccc2nc(N)sc2c1. The molecule has 4 nitrogen and oxygen atoms in total. The molecule has 0 atom stereocenters. The number of hydrogen-bond acceptors (Lipinski definition) is 5. The van der Waals surface area contributed by atoms with Gasteiger partial charge in [-0.05, 0) is 29.8 Å². The van der Waals surface area contributed by atoms with E-state index in [2.05, 4.69) is 16.0 Å². The van der Waals surface area contributed by atoms with Gasteiger partial charge in [0.25, 0.3) is 0 Å². The Morgan fingerprint density at radius 1 is 1.28 bits per heavy atom. The highest BCUT2D eigenvalue weighted by atomic mass is 32.1. The molecule has 2 heterocycles. The molecule has 0 spiro atoms. The van der Waals surface area contributed by atoms with E-state index in [1.807, 2.05) is 24.3 Å². The summed E-state index contributed by atoms with van der Waals surface area (Å²) < 4.78 is 6.33. The van der Waals surface area contributed by atoms with Crippen molar-refractivity contribution in [1.82, 2.24) is 9.97 Å². The first-order valence-corrected chi connectivity index (χ1v) is 6.25. The summed E-state index contributed by atoms with van der Waals surface area (Å²) in [5.74, 6) is 0.620. The first-order chi connectivity index (χ1) is 8.78. The lowest BCUT2D eigenvalue weighted by Crippen LogP contribution is -1.90. The number of nitrogens with two attached hydrogens (primary N) is 1. The fourth-order valence-corrected chi connectivity index (χ4v) is 2.66. The number of nitrogens with zero attached hydrogens (tertiary/aromatic N) is 2. The van der Waals surface area contributed by atoms with Crippen molar-refractivity contribution in [3.63, 3.8) is 0 Å². The molecule has 0 aliphatic heterocycles. The summed E-state index contributed by atoms with van der Waals surface area (Å²) in [5, 5.41) is 0.584. The fourth-order valence-electron chi connectivity index (χ4n) is 1.88. The smallest absolute Gasteiger partial charge is 0.221 e. The number of rotatable bonds is 2. The summed E-state index contributed by atoms with van der Waals surface area (Å²) in [6.07, 6.45) is 1.71. The maximum absolute atomic E-state index is 5.71. The second kappa shape index (κ2) is 4.27. The van der Waals surface area contributed by atoms with Crippen LogP contribution in [-0.4, -0.2) is 17.1 Å². The van der Waals surface area contributed by atoms with Gasteiger partial charge in [0.05, 0.1) is 17.3 Å². The second-order valence-electron chi connectivity index (χ2n) is 3.79. The highest BCUT2D eigenvalue weighted by molar-refractivity contribution is 7.22. The first-order valence-electron chi connectivity index (χ1n) is 5.43. The van der Waals surface area contributed by atoms with Crippen LogP contribution in [0.4, 0.5) is 5.13 Å². The number of nitrogen functional groups attached to an aromatic ring is 1. The van der Waals surface area contributed by atoms with E-state index in [0.29, 0.717) is 11.0 Å². The molecular formula is C13H11N3OS. The van der Waals surface area contributed by atoms with Crippen molar-refractivity contribution in [2.45, 2.75) is 0 Å². The number of ether oxygens (including phenoxy) is 1. The molecule has 5 heteroatoms. The molecule has 90 valence electrons. The molecule has 3 aromatic rings. The van der Waals surface area contributed by atoms with Gasteiger partial charge in [-0.3, -0.25) is 0 Å². The summed E-state index contributed by atoms with van der Waals surface area (Å²) in [6.45, 7) is 0. The van der Waals surface area contributed by atoms with Gasteiger partial charge < -0.3 is 10.5 Å². The van der Waals surface area contributed by atoms with Crippen molar-refractivity contribution >= 4 is 26.7 Å². The van der Waals surface area contributed by atoms with E-state index in [1.165, 1.54) is 11.3 Å². The number of pyridine rings is 1. The molecule has 0 aliphatic carbocycles. The first kappa shape index (κ1) is 11.0. The van der Waals surface area contributed by atoms with Crippen LogP contribution in [0.3, 0.4) is 0 Å². The summed E-state index contributed by atoms with van der Waals surface area (Å²) in [7, 11) is 1.62. The molecule has 0 bridgehead atoms. The van der Waals surface area contributed by atoms with E-state index in [4.69, 9.17) is 10.5 Å². The van der Waals surface area contributed by atoms with Crippen LogP contribution in [0.15, 0.2) is 36.5 Å².